The third-order valence-electron chi connectivity index (χ3n) is 4.77. The molecular formula is C20H22F3NO2. The van der Waals surface area contributed by atoms with Crippen molar-refractivity contribution in [1.29, 1.82) is 0 Å². The normalized spacial score (nSPS) is 22.0. The Morgan fingerprint density at radius 1 is 1.12 bits per heavy atom. The zero-order valence-corrected chi connectivity index (χ0v) is 14.2. The molecule has 1 aliphatic rings. The fourth-order valence-electron chi connectivity index (χ4n) is 3.52. The summed E-state index contributed by atoms with van der Waals surface area (Å²) in [6.45, 7) is 1.38. The highest BCUT2D eigenvalue weighted by Crippen LogP contribution is 2.37. The van der Waals surface area contributed by atoms with E-state index in [1.165, 1.54) is 12.1 Å². The first kappa shape index (κ1) is 18.7. The van der Waals surface area contributed by atoms with Gasteiger partial charge in [0.05, 0.1) is 5.56 Å². The van der Waals surface area contributed by atoms with Crippen molar-refractivity contribution in [3.63, 3.8) is 0 Å². The molecule has 0 spiro atoms. The van der Waals surface area contributed by atoms with Crippen LogP contribution in [0.4, 0.5) is 13.2 Å². The molecule has 1 aliphatic heterocycles. The lowest BCUT2D eigenvalue weighted by molar-refractivity contribution is -0.137. The summed E-state index contributed by atoms with van der Waals surface area (Å²) in [6, 6.07) is 14.5. The molecule has 0 bridgehead atoms. The lowest BCUT2D eigenvalue weighted by Gasteiger charge is -2.34. The molecule has 0 aliphatic carbocycles. The van der Waals surface area contributed by atoms with Gasteiger partial charge in [0, 0.05) is 6.42 Å². The van der Waals surface area contributed by atoms with Gasteiger partial charge in [0.2, 0.25) is 0 Å². The van der Waals surface area contributed by atoms with Crippen LogP contribution in [0.1, 0.15) is 29.9 Å². The standard InChI is InChI=1S/C20H22F3NO2/c21-20(22,23)16-6-4-5-14(11-16)18-9-10-24-13-15(18)12-19(25)26-17-7-2-1-3-8-17/h1-8,11,15,18-19,24-25H,9-10,12-13H2. The Morgan fingerprint density at radius 2 is 1.88 bits per heavy atom. The molecule has 6 heteroatoms. The van der Waals surface area contributed by atoms with E-state index >= 15 is 0 Å². The quantitative estimate of drug-likeness (QED) is 0.781. The van der Waals surface area contributed by atoms with Crippen LogP contribution >= 0.6 is 0 Å². The van der Waals surface area contributed by atoms with Crippen LogP contribution < -0.4 is 10.1 Å². The lowest BCUT2D eigenvalue weighted by atomic mass is 9.79. The van der Waals surface area contributed by atoms with Gasteiger partial charge < -0.3 is 15.2 Å². The minimum atomic E-state index is -4.35. The summed E-state index contributed by atoms with van der Waals surface area (Å²) in [5.41, 5.74) is 0.0339. The van der Waals surface area contributed by atoms with Gasteiger partial charge in [0.25, 0.3) is 0 Å². The van der Waals surface area contributed by atoms with Crippen LogP contribution in [0.2, 0.25) is 0 Å². The highest BCUT2D eigenvalue weighted by Gasteiger charge is 2.33. The van der Waals surface area contributed by atoms with Crippen LogP contribution in [0, 0.1) is 5.92 Å². The predicted octanol–water partition coefficient (Wildman–Crippen LogP) is 4.19. The van der Waals surface area contributed by atoms with Gasteiger partial charge in [-0.15, -0.1) is 0 Å². The first-order valence-electron chi connectivity index (χ1n) is 8.71. The molecule has 26 heavy (non-hydrogen) atoms. The van der Waals surface area contributed by atoms with E-state index in [9.17, 15) is 18.3 Å². The number of aliphatic hydroxyl groups excluding tert-OH is 1. The number of nitrogens with one attached hydrogen (secondary N) is 1. The number of halogens is 3. The third-order valence-corrected chi connectivity index (χ3v) is 4.77. The Balaban J connectivity index is 1.72. The summed E-state index contributed by atoms with van der Waals surface area (Å²) >= 11 is 0. The molecule has 0 aromatic heterocycles. The van der Waals surface area contributed by atoms with E-state index in [-0.39, 0.29) is 11.8 Å². The van der Waals surface area contributed by atoms with Crippen molar-refractivity contribution in [2.24, 2.45) is 5.92 Å². The molecule has 3 atom stereocenters. The van der Waals surface area contributed by atoms with E-state index in [1.54, 1.807) is 18.2 Å². The number of rotatable bonds is 5. The third kappa shape index (κ3) is 4.77. The zero-order chi connectivity index (χ0) is 18.6. The number of hydrogen-bond donors (Lipinski definition) is 2. The van der Waals surface area contributed by atoms with Crippen molar-refractivity contribution < 1.29 is 23.0 Å². The molecule has 0 saturated carbocycles. The van der Waals surface area contributed by atoms with Crippen molar-refractivity contribution in [3.05, 3.63) is 65.7 Å². The maximum Gasteiger partial charge on any atom is 0.416 e. The van der Waals surface area contributed by atoms with E-state index in [0.717, 1.165) is 19.0 Å². The maximum absolute atomic E-state index is 13.0. The number of aliphatic hydroxyl groups is 1. The summed E-state index contributed by atoms with van der Waals surface area (Å²) in [5.74, 6) is 0.512. The molecule has 140 valence electrons. The molecule has 3 nitrogen and oxygen atoms in total. The second-order valence-corrected chi connectivity index (χ2v) is 6.60. The topological polar surface area (TPSA) is 41.5 Å². The van der Waals surface area contributed by atoms with Crippen molar-refractivity contribution in [1.82, 2.24) is 5.32 Å². The van der Waals surface area contributed by atoms with Crippen molar-refractivity contribution in [3.8, 4) is 5.75 Å². The maximum atomic E-state index is 13.0. The summed E-state index contributed by atoms with van der Waals surface area (Å²) in [7, 11) is 0. The number of hydrogen-bond acceptors (Lipinski definition) is 3. The van der Waals surface area contributed by atoms with Gasteiger partial charge in [-0.3, -0.25) is 0 Å². The molecule has 1 heterocycles. The van der Waals surface area contributed by atoms with Crippen LogP contribution in [0.5, 0.6) is 5.75 Å². The number of ether oxygens (including phenoxy) is 1. The SMILES string of the molecule is OC(CC1CNCCC1c1cccc(C(F)(F)F)c1)Oc1ccccc1. The molecule has 0 radical (unpaired) electrons. The molecule has 3 unspecified atom stereocenters. The van der Waals surface area contributed by atoms with Crippen molar-refractivity contribution in [2.45, 2.75) is 31.2 Å². The van der Waals surface area contributed by atoms with Gasteiger partial charge in [-0.25, -0.2) is 0 Å². The molecule has 1 fully saturated rings. The second-order valence-electron chi connectivity index (χ2n) is 6.60. The predicted molar refractivity (Wildman–Crippen MR) is 92.9 cm³/mol. The van der Waals surface area contributed by atoms with Crippen LogP contribution in [0.3, 0.4) is 0 Å². The number of benzene rings is 2. The highest BCUT2D eigenvalue weighted by molar-refractivity contribution is 5.29. The Bertz CT molecular complexity index is 706. The van der Waals surface area contributed by atoms with Gasteiger partial charge in [-0.05, 0) is 55.1 Å². The first-order chi connectivity index (χ1) is 12.4. The molecule has 3 rings (SSSR count). The fraction of sp³-hybridized carbons (Fsp3) is 0.400. The largest absolute Gasteiger partial charge is 0.465 e. The zero-order valence-electron chi connectivity index (χ0n) is 14.2. The van der Waals surface area contributed by atoms with Gasteiger partial charge in [0.15, 0.2) is 6.29 Å². The Morgan fingerprint density at radius 3 is 2.62 bits per heavy atom. The molecule has 0 amide bonds. The van der Waals surface area contributed by atoms with E-state index in [2.05, 4.69) is 5.32 Å². The van der Waals surface area contributed by atoms with Crippen LogP contribution in [-0.2, 0) is 6.18 Å². The molecule has 2 N–H and O–H groups in total. The van der Waals surface area contributed by atoms with Crippen LogP contribution in [-0.4, -0.2) is 24.5 Å². The summed E-state index contributed by atoms with van der Waals surface area (Å²) in [6.07, 6.45) is -4.28. The average molecular weight is 365 g/mol. The monoisotopic (exact) mass is 365 g/mol. The smallest absolute Gasteiger partial charge is 0.416 e. The molecule has 2 aromatic rings. The van der Waals surface area contributed by atoms with E-state index in [1.807, 2.05) is 18.2 Å². The fourth-order valence-corrected chi connectivity index (χ4v) is 3.52. The summed E-state index contributed by atoms with van der Waals surface area (Å²) in [5, 5.41) is 13.5. The van der Waals surface area contributed by atoms with Crippen LogP contribution in [0.25, 0.3) is 0 Å². The second kappa shape index (κ2) is 8.10. The highest BCUT2D eigenvalue weighted by atomic mass is 19.4. The summed E-state index contributed by atoms with van der Waals surface area (Å²) < 4.78 is 44.6. The van der Waals surface area contributed by atoms with Gasteiger partial charge in [0.1, 0.15) is 5.75 Å². The number of alkyl halides is 3. The van der Waals surface area contributed by atoms with Crippen LogP contribution in [0.15, 0.2) is 54.6 Å². The van der Waals surface area contributed by atoms with E-state index in [4.69, 9.17) is 4.74 Å². The van der Waals surface area contributed by atoms with Crippen molar-refractivity contribution >= 4 is 0 Å². The van der Waals surface area contributed by atoms with Gasteiger partial charge >= 0.3 is 6.18 Å². The molecular weight excluding hydrogens is 343 g/mol. The first-order valence-corrected chi connectivity index (χ1v) is 8.71. The molecule has 2 aromatic carbocycles. The van der Waals surface area contributed by atoms with Gasteiger partial charge in [-0.2, -0.15) is 13.2 Å². The Kier molecular flexibility index (Phi) is 5.84. The molecule has 1 saturated heterocycles. The van der Waals surface area contributed by atoms with E-state index < -0.39 is 18.0 Å². The van der Waals surface area contributed by atoms with Gasteiger partial charge in [-0.1, -0.05) is 36.4 Å². The Hall–Kier alpha value is -2.05. The lowest BCUT2D eigenvalue weighted by Crippen LogP contribution is -2.38. The van der Waals surface area contributed by atoms with E-state index in [0.29, 0.717) is 24.3 Å². The minimum absolute atomic E-state index is 0.00838. The van der Waals surface area contributed by atoms with Crippen molar-refractivity contribution in [2.75, 3.05) is 13.1 Å². The minimum Gasteiger partial charge on any atom is -0.465 e. The Labute approximate surface area is 150 Å². The summed E-state index contributed by atoms with van der Waals surface area (Å²) in [4.78, 5) is 0. The average Bonchev–Trinajstić information content (AvgIpc) is 2.62. The number of para-hydroxylation sites is 1. The number of piperidine rings is 1.